The van der Waals surface area contributed by atoms with E-state index in [-0.39, 0.29) is 18.0 Å². The molecule has 2 bridgehead atoms. The summed E-state index contributed by atoms with van der Waals surface area (Å²) in [6.45, 7) is 3.67. The molecule has 186 valence electrons. The third-order valence-corrected chi connectivity index (χ3v) is 8.61. The van der Waals surface area contributed by atoms with Crippen LogP contribution in [0.1, 0.15) is 41.6 Å². The third-order valence-electron chi connectivity index (χ3n) is 8.40. The van der Waals surface area contributed by atoms with Crippen LogP contribution < -0.4 is 10.5 Å². The Morgan fingerprint density at radius 2 is 2.06 bits per heavy atom. The molecule has 1 saturated heterocycles. The van der Waals surface area contributed by atoms with E-state index in [2.05, 4.69) is 22.5 Å². The first kappa shape index (κ1) is 22.1. The number of amides is 1. The fourth-order valence-corrected chi connectivity index (χ4v) is 6.44. The minimum Gasteiger partial charge on any atom is -0.494 e. The van der Waals surface area contributed by atoms with Crippen molar-refractivity contribution in [1.82, 2.24) is 24.1 Å². The number of halogens is 1. The van der Waals surface area contributed by atoms with Crippen LogP contribution >= 0.6 is 11.6 Å². The average molecular weight is 505 g/mol. The molecule has 3 fully saturated rings. The number of piperidine rings is 1. The smallest absolute Gasteiger partial charge is 0.255 e. The minimum absolute atomic E-state index is 0.00533. The van der Waals surface area contributed by atoms with Crippen molar-refractivity contribution in [3.63, 3.8) is 0 Å². The van der Waals surface area contributed by atoms with E-state index in [1.165, 1.54) is 12.8 Å². The van der Waals surface area contributed by atoms with Crippen molar-refractivity contribution in [2.75, 3.05) is 13.7 Å². The fourth-order valence-electron chi connectivity index (χ4n) is 6.29. The number of fused-ring (bicyclic) bond motifs is 4. The lowest BCUT2D eigenvalue weighted by Crippen LogP contribution is -2.41. The molecule has 2 aliphatic carbocycles. The number of ether oxygens (including phenoxy) is 1. The highest BCUT2D eigenvalue weighted by atomic mass is 35.5. The molecule has 3 atom stereocenters. The summed E-state index contributed by atoms with van der Waals surface area (Å²) in [4.78, 5) is 20.1. The highest BCUT2D eigenvalue weighted by molar-refractivity contribution is 6.29. The van der Waals surface area contributed by atoms with Gasteiger partial charge in [0.05, 0.1) is 18.4 Å². The monoisotopic (exact) mass is 504 g/mol. The van der Waals surface area contributed by atoms with E-state index >= 15 is 0 Å². The first-order valence-electron chi connectivity index (χ1n) is 12.7. The lowest BCUT2D eigenvalue weighted by Gasteiger charge is -2.27. The first-order valence-corrected chi connectivity index (χ1v) is 13.1. The predicted molar refractivity (Wildman–Crippen MR) is 138 cm³/mol. The summed E-state index contributed by atoms with van der Waals surface area (Å²) in [5.41, 5.74) is 11.5. The van der Waals surface area contributed by atoms with Gasteiger partial charge >= 0.3 is 0 Å². The first-order chi connectivity index (χ1) is 17.4. The second-order valence-corrected chi connectivity index (χ2v) is 11.0. The topological polar surface area (TPSA) is 90.7 Å². The number of nitrogens with two attached hydrogens (primary N) is 1. The highest BCUT2D eigenvalue weighted by Gasteiger charge is 2.47. The number of likely N-dealkylation sites (tertiary alicyclic amines) is 1. The van der Waals surface area contributed by atoms with Crippen LogP contribution in [0.25, 0.3) is 27.9 Å². The van der Waals surface area contributed by atoms with E-state index in [0.717, 1.165) is 59.4 Å². The molecular formula is C27H29ClN6O2. The summed E-state index contributed by atoms with van der Waals surface area (Å²) < 4.78 is 9.82. The third kappa shape index (κ3) is 3.27. The van der Waals surface area contributed by atoms with Crippen LogP contribution in [0.4, 0.5) is 0 Å². The van der Waals surface area contributed by atoms with Crippen LogP contribution in [0.5, 0.6) is 5.75 Å². The van der Waals surface area contributed by atoms with Gasteiger partial charge in [-0.05, 0) is 68.7 Å². The molecular weight excluding hydrogens is 476 g/mol. The molecule has 1 aliphatic heterocycles. The molecule has 36 heavy (non-hydrogen) atoms. The van der Waals surface area contributed by atoms with Gasteiger partial charge in [0.2, 0.25) is 0 Å². The zero-order valence-corrected chi connectivity index (χ0v) is 21.2. The number of nitrogens with zero attached hydrogens (tertiary/aromatic N) is 5. The van der Waals surface area contributed by atoms with Crippen LogP contribution in [-0.4, -0.2) is 55.7 Å². The quantitative estimate of drug-likeness (QED) is 0.409. The summed E-state index contributed by atoms with van der Waals surface area (Å²) in [5, 5.41) is 6.51. The number of aryl methyl sites for hydroxylation is 1. The molecule has 0 spiro atoms. The molecule has 8 nitrogen and oxygen atoms in total. The number of rotatable bonds is 5. The minimum atomic E-state index is -0.00533. The van der Waals surface area contributed by atoms with Crippen LogP contribution in [0.2, 0.25) is 5.15 Å². The van der Waals surface area contributed by atoms with E-state index in [9.17, 15) is 4.79 Å². The van der Waals surface area contributed by atoms with Gasteiger partial charge in [-0.15, -0.1) is 0 Å². The SMILES string of the molecule is COc1cc(C(=O)N2CC3CCC2[C@@H]3N)cn2nc(-c3cc4ccc(Cl)nc4n3CC3CC3)c(C)c12. The number of pyridine rings is 2. The lowest BCUT2D eigenvalue weighted by atomic mass is 10.1. The zero-order chi connectivity index (χ0) is 24.7. The Morgan fingerprint density at radius 1 is 1.22 bits per heavy atom. The average Bonchev–Trinajstić information content (AvgIpc) is 3.29. The summed E-state index contributed by atoms with van der Waals surface area (Å²) in [7, 11) is 1.64. The predicted octanol–water partition coefficient (Wildman–Crippen LogP) is 4.29. The normalized spacial score (nSPS) is 23.3. The van der Waals surface area contributed by atoms with Crippen LogP contribution in [0.3, 0.4) is 0 Å². The van der Waals surface area contributed by atoms with Crippen molar-refractivity contribution in [3.05, 3.63) is 46.7 Å². The Morgan fingerprint density at radius 3 is 2.75 bits per heavy atom. The molecule has 5 heterocycles. The van der Waals surface area contributed by atoms with Crippen molar-refractivity contribution < 1.29 is 9.53 Å². The van der Waals surface area contributed by atoms with E-state index in [4.69, 9.17) is 27.2 Å². The van der Waals surface area contributed by atoms with Crippen LogP contribution in [0.15, 0.2) is 30.5 Å². The maximum Gasteiger partial charge on any atom is 0.255 e. The molecule has 1 amide bonds. The molecule has 9 heteroatoms. The maximum absolute atomic E-state index is 13.5. The van der Waals surface area contributed by atoms with Gasteiger partial charge in [-0.2, -0.15) is 5.10 Å². The van der Waals surface area contributed by atoms with E-state index in [1.807, 2.05) is 29.3 Å². The number of carbonyl (C=O) groups excluding carboxylic acids is 1. The van der Waals surface area contributed by atoms with Gasteiger partial charge in [0.25, 0.3) is 5.91 Å². The number of hydrogen-bond acceptors (Lipinski definition) is 5. The zero-order valence-electron chi connectivity index (χ0n) is 20.4. The number of methoxy groups -OCH3 is 1. The van der Waals surface area contributed by atoms with Crippen LogP contribution in [0, 0.1) is 18.8 Å². The van der Waals surface area contributed by atoms with Gasteiger partial charge in [0.1, 0.15) is 27.8 Å². The van der Waals surface area contributed by atoms with Gasteiger partial charge in [0, 0.05) is 42.3 Å². The van der Waals surface area contributed by atoms with E-state index < -0.39 is 0 Å². The standard InChI is InChI=1S/C27H29ClN6O2/c1-14-24(20-9-16-6-8-22(28)30-26(16)32(20)11-15-3-4-15)31-34-13-18(10-21(36-2)25(14)34)27(35)33-12-17-5-7-19(33)23(17)29/h6,8-10,13,15,17,19,23H,3-5,7,11-12,29H2,1-2H3/t17?,19?,23-/m1/s1. The number of carbonyl (C=O) groups is 1. The van der Waals surface area contributed by atoms with Gasteiger partial charge in [0.15, 0.2) is 0 Å². The molecule has 3 aliphatic rings. The van der Waals surface area contributed by atoms with Gasteiger partial charge in [-0.3, -0.25) is 4.79 Å². The molecule has 7 rings (SSSR count). The second-order valence-electron chi connectivity index (χ2n) is 10.6. The maximum atomic E-state index is 13.5. The van der Waals surface area contributed by atoms with Crippen molar-refractivity contribution in [3.8, 4) is 17.1 Å². The highest BCUT2D eigenvalue weighted by Crippen LogP contribution is 2.40. The van der Waals surface area contributed by atoms with Gasteiger partial charge in [-0.1, -0.05) is 11.6 Å². The molecule has 2 unspecified atom stereocenters. The Kier molecular flexibility index (Phi) is 4.89. The molecule has 4 aromatic heterocycles. The Hall–Kier alpha value is -3.10. The molecule has 2 saturated carbocycles. The number of hydrogen-bond donors (Lipinski definition) is 1. The van der Waals surface area contributed by atoms with Crippen molar-refractivity contribution in [1.29, 1.82) is 0 Å². The van der Waals surface area contributed by atoms with E-state index in [1.54, 1.807) is 11.6 Å². The van der Waals surface area contributed by atoms with Crippen molar-refractivity contribution >= 4 is 34.1 Å². The number of aromatic nitrogens is 4. The van der Waals surface area contributed by atoms with Gasteiger partial charge in [-0.25, -0.2) is 9.50 Å². The molecule has 2 N–H and O–H groups in total. The van der Waals surface area contributed by atoms with Crippen LogP contribution in [-0.2, 0) is 6.54 Å². The fraction of sp³-hybridized carbons (Fsp3) is 0.444. The van der Waals surface area contributed by atoms with Crippen molar-refractivity contribution in [2.24, 2.45) is 17.6 Å². The molecule has 4 aromatic rings. The Balaban J connectivity index is 1.35. The molecule has 0 aromatic carbocycles. The largest absolute Gasteiger partial charge is 0.494 e. The van der Waals surface area contributed by atoms with Crippen molar-refractivity contribution in [2.45, 2.75) is 51.2 Å². The summed E-state index contributed by atoms with van der Waals surface area (Å²) in [6.07, 6.45) is 6.37. The lowest BCUT2D eigenvalue weighted by molar-refractivity contribution is 0.0699. The Bertz CT molecular complexity index is 1540. The van der Waals surface area contributed by atoms with Gasteiger partial charge < -0.3 is 19.9 Å². The summed E-state index contributed by atoms with van der Waals surface area (Å²) in [5.74, 6) is 1.68. The molecule has 0 radical (unpaired) electrons. The summed E-state index contributed by atoms with van der Waals surface area (Å²) in [6, 6.07) is 8.01. The second kappa shape index (κ2) is 7.95. The van der Waals surface area contributed by atoms with E-state index in [0.29, 0.717) is 28.3 Å². The Labute approximate surface area is 214 Å². The summed E-state index contributed by atoms with van der Waals surface area (Å²) >= 11 is 6.26.